The summed E-state index contributed by atoms with van der Waals surface area (Å²) < 4.78 is 27.1. The van der Waals surface area contributed by atoms with Crippen molar-refractivity contribution in [2.45, 2.75) is 29.4 Å². The molecule has 2 N–H and O–H groups in total. The molecule has 2 rings (SSSR count). The molecular formula is C13H20N2O2S2. The van der Waals surface area contributed by atoms with Crippen molar-refractivity contribution < 1.29 is 8.42 Å². The maximum Gasteiger partial charge on any atom is 0.240 e. The molecule has 0 saturated heterocycles. The summed E-state index contributed by atoms with van der Waals surface area (Å²) in [7, 11) is -3.39. The lowest BCUT2D eigenvalue weighted by atomic mass is 10.3. The second kappa shape index (κ2) is 5.73. The van der Waals surface area contributed by atoms with Crippen LogP contribution in [0.1, 0.15) is 19.8 Å². The van der Waals surface area contributed by atoms with Crippen LogP contribution < -0.4 is 10.0 Å². The Morgan fingerprint density at radius 1 is 1.26 bits per heavy atom. The fourth-order valence-electron chi connectivity index (χ4n) is 1.86. The average Bonchev–Trinajstić information content (AvgIpc) is 3.18. The minimum Gasteiger partial charge on any atom is -0.385 e. The first-order valence-corrected chi connectivity index (χ1v) is 9.11. The number of thioether (sulfide) groups is 1. The highest BCUT2D eigenvalue weighted by Crippen LogP contribution is 2.46. The van der Waals surface area contributed by atoms with Crippen molar-refractivity contribution in [3.8, 4) is 0 Å². The van der Waals surface area contributed by atoms with E-state index in [1.807, 2.05) is 13.2 Å². The molecule has 6 heteroatoms. The van der Waals surface area contributed by atoms with Crippen LogP contribution in [0, 0.1) is 0 Å². The summed E-state index contributed by atoms with van der Waals surface area (Å²) in [5.74, 6) is 0. The number of hydrogen-bond acceptors (Lipinski definition) is 4. The van der Waals surface area contributed by atoms with Crippen LogP contribution in [0.4, 0.5) is 5.69 Å². The molecule has 1 aromatic carbocycles. The molecule has 0 radical (unpaired) electrons. The third-order valence-electron chi connectivity index (χ3n) is 3.37. The van der Waals surface area contributed by atoms with Crippen LogP contribution in [0.5, 0.6) is 0 Å². The van der Waals surface area contributed by atoms with E-state index in [1.54, 1.807) is 36.0 Å². The SMILES string of the molecule is CCNc1ccc(S(=O)(=O)NCC2(SC)CC2)cc1. The minimum absolute atomic E-state index is 0.136. The minimum atomic E-state index is -3.39. The molecule has 0 bridgehead atoms. The first kappa shape index (κ1) is 14.7. The van der Waals surface area contributed by atoms with Gasteiger partial charge in [0.15, 0.2) is 0 Å². The van der Waals surface area contributed by atoms with Gasteiger partial charge in [-0.1, -0.05) is 0 Å². The van der Waals surface area contributed by atoms with E-state index in [9.17, 15) is 8.42 Å². The Labute approximate surface area is 119 Å². The maximum absolute atomic E-state index is 12.2. The van der Waals surface area contributed by atoms with Crippen molar-refractivity contribution in [1.29, 1.82) is 0 Å². The normalized spacial score (nSPS) is 17.2. The molecule has 0 amide bonds. The predicted molar refractivity (Wildman–Crippen MR) is 81.3 cm³/mol. The third kappa shape index (κ3) is 3.64. The molecule has 0 spiro atoms. The third-order valence-corrected chi connectivity index (χ3v) is 6.21. The number of rotatable bonds is 7. The molecule has 106 valence electrons. The Morgan fingerprint density at radius 3 is 2.37 bits per heavy atom. The Bertz CT molecular complexity index is 522. The summed E-state index contributed by atoms with van der Waals surface area (Å²) in [6.45, 7) is 3.34. The van der Waals surface area contributed by atoms with E-state index < -0.39 is 10.0 Å². The lowest BCUT2D eigenvalue weighted by Gasteiger charge is -2.13. The molecule has 0 atom stereocenters. The number of benzene rings is 1. The van der Waals surface area contributed by atoms with Crippen LogP contribution >= 0.6 is 11.8 Å². The molecule has 0 aliphatic heterocycles. The summed E-state index contributed by atoms with van der Waals surface area (Å²) in [5, 5.41) is 3.14. The van der Waals surface area contributed by atoms with Crippen LogP contribution in [-0.2, 0) is 10.0 Å². The van der Waals surface area contributed by atoms with Crippen LogP contribution in [0.25, 0.3) is 0 Å². The maximum atomic E-state index is 12.2. The van der Waals surface area contributed by atoms with E-state index >= 15 is 0 Å². The van der Waals surface area contributed by atoms with Crippen molar-refractivity contribution >= 4 is 27.5 Å². The summed E-state index contributed by atoms with van der Waals surface area (Å²) in [6.07, 6.45) is 4.22. The molecule has 0 unspecified atom stereocenters. The Morgan fingerprint density at radius 2 is 1.89 bits per heavy atom. The lowest BCUT2D eigenvalue weighted by molar-refractivity contribution is 0.580. The topological polar surface area (TPSA) is 58.2 Å². The van der Waals surface area contributed by atoms with Gasteiger partial charge in [0.2, 0.25) is 10.0 Å². The van der Waals surface area contributed by atoms with E-state index in [4.69, 9.17) is 0 Å². The predicted octanol–water partition coefficient (Wildman–Crippen LogP) is 2.29. The van der Waals surface area contributed by atoms with Gasteiger partial charge in [-0.15, -0.1) is 0 Å². The van der Waals surface area contributed by atoms with Crippen molar-refractivity contribution in [2.75, 3.05) is 24.7 Å². The summed E-state index contributed by atoms with van der Waals surface area (Å²) in [5.41, 5.74) is 0.934. The lowest BCUT2D eigenvalue weighted by Crippen LogP contribution is -2.31. The standard InChI is InChI=1S/C13H20N2O2S2/c1-3-14-11-4-6-12(7-5-11)19(16,17)15-10-13(18-2)8-9-13/h4-7,14-15H,3,8-10H2,1-2H3. The molecule has 1 aliphatic carbocycles. The fourth-order valence-corrected chi connectivity index (χ4v) is 3.80. The molecule has 1 saturated carbocycles. The zero-order chi connectivity index (χ0) is 13.9. The first-order chi connectivity index (χ1) is 9.01. The van der Waals surface area contributed by atoms with Crippen LogP contribution in [0.3, 0.4) is 0 Å². The number of nitrogens with one attached hydrogen (secondary N) is 2. The molecule has 1 fully saturated rings. The van der Waals surface area contributed by atoms with Gasteiger partial charge in [0.1, 0.15) is 0 Å². The van der Waals surface area contributed by atoms with Gasteiger partial charge in [-0.05, 0) is 50.3 Å². The van der Waals surface area contributed by atoms with Gasteiger partial charge in [-0.3, -0.25) is 0 Å². The molecular weight excluding hydrogens is 280 g/mol. The van der Waals surface area contributed by atoms with Crippen molar-refractivity contribution in [1.82, 2.24) is 4.72 Å². The zero-order valence-corrected chi connectivity index (χ0v) is 12.9. The molecule has 4 nitrogen and oxygen atoms in total. The largest absolute Gasteiger partial charge is 0.385 e. The molecule has 1 aromatic rings. The summed E-state index contributed by atoms with van der Waals surface area (Å²) in [4.78, 5) is 0.325. The Hall–Kier alpha value is -0.720. The van der Waals surface area contributed by atoms with Gasteiger partial charge in [-0.25, -0.2) is 13.1 Å². The van der Waals surface area contributed by atoms with Gasteiger partial charge in [0, 0.05) is 23.5 Å². The second-order valence-electron chi connectivity index (χ2n) is 4.77. The zero-order valence-electron chi connectivity index (χ0n) is 11.3. The van der Waals surface area contributed by atoms with E-state index in [0.717, 1.165) is 25.1 Å². The highest BCUT2D eigenvalue weighted by molar-refractivity contribution is 8.00. The highest BCUT2D eigenvalue weighted by Gasteiger charge is 2.42. The number of sulfonamides is 1. The molecule has 0 aromatic heterocycles. The van der Waals surface area contributed by atoms with E-state index in [2.05, 4.69) is 10.0 Å². The second-order valence-corrected chi connectivity index (χ2v) is 7.81. The fraction of sp³-hybridized carbons (Fsp3) is 0.538. The van der Waals surface area contributed by atoms with Gasteiger partial charge < -0.3 is 5.32 Å². The monoisotopic (exact) mass is 300 g/mol. The number of anilines is 1. The van der Waals surface area contributed by atoms with Crippen molar-refractivity contribution in [3.05, 3.63) is 24.3 Å². The average molecular weight is 300 g/mol. The van der Waals surface area contributed by atoms with Gasteiger partial charge in [0.05, 0.1) is 4.90 Å². The quantitative estimate of drug-likeness (QED) is 0.811. The van der Waals surface area contributed by atoms with Gasteiger partial charge in [0.25, 0.3) is 0 Å². The smallest absolute Gasteiger partial charge is 0.240 e. The Kier molecular flexibility index (Phi) is 4.43. The Balaban J connectivity index is 2.02. The van der Waals surface area contributed by atoms with Crippen molar-refractivity contribution in [2.24, 2.45) is 0 Å². The van der Waals surface area contributed by atoms with Gasteiger partial charge >= 0.3 is 0 Å². The van der Waals surface area contributed by atoms with E-state index in [0.29, 0.717) is 11.4 Å². The molecule has 0 heterocycles. The highest BCUT2D eigenvalue weighted by atomic mass is 32.2. The first-order valence-electron chi connectivity index (χ1n) is 6.40. The van der Waals surface area contributed by atoms with Crippen LogP contribution in [0.15, 0.2) is 29.2 Å². The summed E-state index contributed by atoms with van der Waals surface area (Å²) >= 11 is 1.75. The van der Waals surface area contributed by atoms with Crippen molar-refractivity contribution in [3.63, 3.8) is 0 Å². The van der Waals surface area contributed by atoms with Crippen LogP contribution in [0.2, 0.25) is 0 Å². The molecule has 19 heavy (non-hydrogen) atoms. The number of hydrogen-bond donors (Lipinski definition) is 2. The van der Waals surface area contributed by atoms with E-state index in [-0.39, 0.29) is 4.75 Å². The molecule has 1 aliphatic rings. The van der Waals surface area contributed by atoms with E-state index in [1.165, 1.54) is 0 Å². The van der Waals surface area contributed by atoms with Gasteiger partial charge in [-0.2, -0.15) is 11.8 Å². The summed E-state index contributed by atoms with van der Waals surface area (Å²) in [6, 6.07) is 6.86. The van der Waals surface area contributed by atoms with Crippen LogP contribution in [-0.4, -0.2) is 32.5 Å².